The van der Waals surface area contributed by atoms with E-state index in [0.717, 1.165) is 13.0 Å². The smallest absolute Gasteiger partial charge is 0.104 e. The second-order valence-electron chi connectivity index (χ2n) is 8.28. The summed E-state index contributed by atoms with van der Waals surface area (Å²) in [6.07, 6.45) is 3.55. The number of thiophene rings is 1. The summed E-state index contributed by atoms with van der Waals surface area (Å²) < 4.78 is 1.32. The van der Waals surface area contributed by atoms with Gasteiger partial charge in [-0.2, -0.15) is 10.2 Å². The summed E-state index contributed by atoms with van der Waals surface area (Å²) in [4.78, 5) is 6.25. The lowest BCUT2D eigenvalue weighted by molar-refractivity contribution is 0.146. The Morgan fingerprint density at radius 3 is 2.61 bits per heavy atom. The van der Waals surface area contributed by atoms with Gasteiger partial charge in [0, 0.05) is 27.2 Å². The van der Waals surface area contributed by atoms with Crippen molar-refractivity contribution in [3.8, 4) is 0 Å². The molecule has 7 heteroatoms. The number of hydrogen-bond acceptors (Lipinski definition) is 5. The highest BCUT2D eigenvalue weighted by molar-refractivity contribution is 7.19. The molecule has 2 heterocycles. The first-order chi connectivity index (χ1) is 15.0. The second-order valence-corrected chi connectivity index (χ2v) is 10.3. The number of benzene rings is 2. The van der Waals surface area contributed by atoms with Crippen molar-refractivity contribution in [2.45, 2.75) is 31.8 Å². The van der Waals surface area contributed by atoms with Gasteiger partial charge in [-0.3, -0.25) is 0 Å². The van der Waals surface area contributed by atoms with Crippen molar-refractivity contribution in [1.29, 1.82) is 0 Å². The third-order valence-electron chi connectivity index (χ3n) is 6.05. The molecular weight excluding hydrogens is 447 g/mol. The third-order valence-corrected chi connectivity index (χ3v) is 7.79. The van der Waals surface area contributed by atoms with Gasteiger partial charge in [0.15, 0.2) is 0 Å². The molecule has 4 rings (SSSR count). The van der Waals surface area contributed by atoms with Crippen molar-refractivity contribution in [3.63, 3.8) is 0 Å². The zero-order valence-electron chi connectivity index (χ0n) is 18.0. The van der Waals surface area contributed by atoms with Gasteiger partial charge in [0.25, 0.3) is 0 Å². The standard InChI is InChI=1S/C24H28Cl2N4S/c1-29(2)18-9-12-30(13-10-18)14-11-20-19-5-3-4-6-23(19)31-24(20)16-27-28-22-8-7-17(25)15-21(22)26/h3-8,15,18H,9-14,16H2,1-2H3. The summed E-state index contributed by atoms with van der Waals surface area (Å²) >= 11 is 14.0. The van der Waals surface area contributed by atoms with Crippen LogP contribution in [0.25, 0.3) is 10.1 Å². The van der Waals surface area contributed by atoms with E-state index < -0.39 is 0 Å². The Hall–Kier alpha value is -1.50. The van der Waals surface area contributed by atoms with E-state index in [0.29, 0.717) is 28.3 Å². The number of likely N-dealkylation sites (tertiary alicyclic amines) is 1. The fourth-order valence-electron chi connectivity index (χ4n) is 4.22. The lowest BCUT2D eigenvalue weighted by Crippen LogP contribution is -2.42. The Morgan fingerprint density at radius 1 is 1.10 bits per heavy atom. The Labute approximate surface area is 198 Å². The summed E-state index contributed by atoms with van der Waals surface area (Å²) in [6, 6.07) is 14.7. The van der Waals surface area contributed by atoms with Crippen LogP contribution in [0, 0.1) is 0 Å². The number of fused-ring (bicyclic) bond motifs is 1. The number of nitrogens with zero attached hydrogens (tertiary/aromatic N) is 4. The number of hydrogen-bond donors (Lipinski definition) is 0. The molecule has 1 saturated heterocycles. The highest BCUT2D eigenvalue weighted by atomic mass is 35.5. The molecule has 1 aliphatic rings. The van der Waals surface area contributed by atoms with Gasteiger partial charge >= 0.3 is 0 Å². The Balaban J connectivity index is 1.46. The van der Waals surface area contributed by atoms with E-state index in [4.69, 9.17) is 23.2 Å². The van der Waals surface area contributed by atoms with E-state index in [1.54, 1.807) is 18.2 Å². The molecule has 0 saturated carbocycles. The first-order valence-electron chi connectivity index (χ1n) is 10.7. The molecule has 0 N–H and O–H groups in total. The molecule has 0 atom stereocenters. The van der Waals surface area contributed by atoms with E-state index >= 15 is 0 Å². The molecule has 2 aromatic carbocycles. The lowest BCUT2D eigenvalue weighted by Gasteiger charge is -2.35. The van der Waals surface area contributed by atoms with Gasteiger partial charge in [-0.15, -0.1) is 11.3 Å². The molecule has 0 spiro atoms. The van der Waals surface area contributed by atoms with Crippen LogP contribution in [0.1, 0.15) is 23.3 Å². The largest absolute Gasteiger partial charge is 0.306 e. The summed E-state index contributed by atoms with van der Waals surface area (Å²) in [6.45, 7) is 4.01. The molecule has 3 aromatic rings. The molecule has 1 aromatic heterocycles. The quantitative estimate of drug-likeness (QED) is 0.343. The fraction of sp³-hybridized carbons (Fsp3) is 0.417. The minimum atomic E-state index is 0.522. The van der Waals surface area contributed by atoms with Crippen LogP contribution in [0.5, 0.6) is 0 Å². The molecular formula is C24H28Cl2N4S. The zero-order valence-corrected chi connectivity index (χ0v) is 20.3. The molecule has 0 bridgehead atoms. The molecule has 0 radical (unpaired) electrons. The lowest BCUT2D eigenvalue weighted by atomic mass is 10.0. The second kappa shape index (κ2) is 10.4. The number of piperidine rings is 1. The minimum Gasteiger partial charge on any atom is -0.306 e. The molecule has 0 unspecified atom stereocenters. The first kappa shape index (κ1) is 22.7. The van der Waals surface area contributed by atoms with Gasteiger partial charge in [-0.1, -0.05) is 41.4 Å². The zero-order chi connectivity index (χ0) is 21.8. The van der Waals surface area contributed by atoms with Crippen molar-refractivity contribution < 1.29 is 0 Å². The molecule has 164 valence electrons. The van der Waals surface area contributed by atoms with Gasteiger partial charge in [-0.05, 0) is 81.7 Å². The molecule has 31 heavy (non-hydrogen) atoms. The molecule has 1 fully saturated rings. The van der Waals surface area contributed by atoms with Gasteiger partial charge in [0.2, 0.25) is 0 Å². The van der Waals surface area contributed by atoms with Crippen LogP contribution in [-0.4, -0.2) is 49.6 Å². The topological polar surface area (TPSA) is 31.2 Å². The Bertz CT molecular complexity index is 1050. The van der Waals surface area contributed by atoms with Crippen molar-refractivity contribution in [2.24, 2.45) is 10.2 Å². The van der Waals surface area contributed by atoms with Crippen molar-refractivity contribution in [2.75, 3.05) is 33.7 Å². The maximum Gasteiger partial charge on any atom is 0.104 e. The van der Waals surface area contributed by atoms with E-state index in [1.165, 1.54) is 46.5 Å². The Morgan fingerprint density at radius 2 is 1.87 bits per heavy atom. The maximum absolute atomic E-state index is 6.23. The predicted octanol–water partition coefficient (Wildman–Crippen LogP) is 7.06. The van der Waals surface area contributed by atoms with Crippen molar-refractivity contribution in [3.05, 3.63) is 63.0 Å². The first-order valence-corrected chi connectivity index (χ1v) is 12.3. The molecule has 1 aliphatic heterocycles. The van der Waals surface area contributed by atoms with Gasteiger partial charge in [0.05, 0.1) is 11.6 Å². The van der Waals surface area contributed by atoms with Crippen LogP contribution >= 0.6 is 34.5 Å². The van der Waals surface area contributed by atoms with Crippen molar-refractivity contribution >= 4 is 50.3 Å². The summed E-state index contributed by atoms with van der Waals surface area (Å²) in [5.74, 6) is 0. The maximum atomic E-state index is 6.23. The summed E-state index contributed by atoms with van der Waals surface area (Å²) in [5.41, 5.74) is 2.06. The van der Waals surface area contributed by atoms with E-state index in [2.05, 4.69) is 58.4 Å². The highest BCUT2D eigenvalue weighted by Crippen LogP contribution is 2.34. The monoisotopic (exact) mass is 474 g/mol. The fourth-order valence-corrected chi connectivity index (χ4v) is 5.84. The summed E-state index contributed by atoms with van der Waals surface area (Å²) in [7, 11) is 4.38. The van der Waals surface area contributed by atoms with Crippen LogP contribution in [0.4, 0.5) is 5.69 Å². The number of rotatable bonds is 7. The summed E-state index contributed by atoms with van der Waals surface area (Å²) in [5, 5.41) is 11.3. The average molecular weight is 475 g/mol. The van der Waals surface area contributed by atoms with Crippen LogP contribution in [0.15, 0.2) is 52.7 Å². The Kier molecular flexibility index (Phi) is 7.62. The van der Waals surface area contributed by atoms with Crippen LogP contribution in [0.2, 0.25) is 10.0 Å². The number of halogens is 2. The van der Waals surface area contributed by atoms with E-state index in [9.17, 15) is 0 Å². The van der Waals surface area contributed by atoms with Crippen LogP contribution in [-0.2, 0) is 13.0 Å². The van der Waals surface area contributed by atoms with E-state index in [-0.39, 0.29) is 0 Å². The van der Waals surface area contributed by atoms with Crippen molar-refractivity contribution in [1.82, 2.24) is 9.80 Å². The normalized spacial score (nSPS) is 16.2. The van der Waals surface area contributed by atoms with Crippen LogP contribution < -0.4 is 0 Å². The SMILES string of the molecule is CN(C)C1CCN(CCc2c(CN=Nc3ccc(Cl)cc3Cl)sc3ccccc23)CC1. The predicted molar refractivity (Wildman–Crippen MR) is 133 cm³/mol. The third kappa shape index (κ3) is 5.65. The highest BCUT2D eigenvalue weighted by Gasteiger charge is 2.21. The average Bonchev–Trinajstić information content (AvgIpc) is 3.11. The number of azo groups is 1. The van der Waals surface area contributed by atoms with E-state index in [1.807, 2.05) is 11.3 Å². The minimum absolute atomic E-state index is 0.522. The molecule has 0 amide bonds. The molecule has 0 aliphatic carbocycles. The van der Waals surface area contributed by atoms with Gasteiger partial charge in [0.1, 0.15) is 5.69 Å². The van der Waals surface area contributed by atoms with Gasteiger partial charge < -0.3 is 9.80 Å². The van der Waals surface area contributed by atoms with Crippen LogP contribution in [0.3, 0.4) is 0 Å². The van der Waals surface area contributed by atoms with Gasteiger partial charge in [-0.25, -0.2) is 0 Å². The molecule has 4 nitrogen and oxygen atoms in total.